The number of carbonyl (C=O) groups is 4. The standard InChI is InChI=1S/C23H29N5O5S/c24-17(10-15-6-8-16(29)9-7-15)21(31)28-19(13-34)23(33)27-18(22(32)26-12-20(25)30)11-14-4-2-1-3-5-14/h1-9,17-19,29,34H,10-13,24H2,(H2,25,30)(H,26,32)(H,27,33)(H,28,31)/t17-,18+,19-/m0/s1. The van der Waals surface area contributed by atoms with Crippen LogP contribution >= 0.6 is 12.6 Å². The minimum Gasteiger partial charge on any atom is -0.508 e. The van der Waals surface area contributed by atoms with Crippen molar-refractivity contribution in [2.75, 3.05) is 12.3 Å². The van der Waals surface area contributed by atoms with E-state index < -0.39 is 41.8 Å². The van der Waals surface area contributed by atoms with Crippen LogP contribution < -0.4 is 27.4 Å². The van der Waals surface area contributed by atoms with Crippen molar-refractivity contribution in [1.82, 2.24) is 16.0 Å². The first-order chi connectivity index (χ1) is 16.2. The zero-order valence-electron chi connectivity index (χ0n) is 18.4. The van der Waals surface area contributed by atoms with Crippen LogP contribution in [0.2, 0.25) is 0 Å². The number of amides is 4. The summed E-state index contributed by atoms with van der Waals surface area (Å²) in [5.41, 5.74) is 12.6. The molecule has 0 unspecified atom stereocenters. The molecule has 0 aromatic heterocycles. The number of primary amides is 1. The Morgan fingerprint density at radius 1 is 0.824 bits per heavy atom. The fraction of sp³-hybridized carbons (Fsp3) is 0.304. The smallest absolute Gasteiger partial charge is 0.244 e. The summed E-state index contributed by atoms with van der Waals surface area (Å²) in [6.45, 7) is -0.376. The van der Waals surface area contributed by atoms with Gasteiger partial charge < -0.3 is 32.5 Å². The molecule has 2 aromatic carbocycles. The number of aromatic hydroxyl groups is 1. The van der Waals surface area contributed by atoms with Crippen LogP contribution in [-0.4, -0.2) is 59.2 Å². The minimum absolute atomic E-state index is 0.0372. The second-order valence-corrected chi connectivity index (χ2v) is 8.02. The van der Waals surface area contributed by atoms with E-state index in [9.17, 15) is 24.3 Å². The van der Waals surface area contributed by atoms with Crippen LogP contribution in [0.1, 0.15) is 11.1 Å². The van der Waals surface area contributed by atoms with Gasteiger partial charge in [0.2, 0.25) is 23.6 Å². The van der Waals surface area contributed by atoms with Crippen molar-refractivity contribution >= 4 is 36.3 Å². The molecule has 0 spiro atoms. The third-order valence-electron chi connectivity index (χ3n) is 4.90. The van der Waals surface area contributed by atoms with E-state index in [2.05, 4.69) is 28.6 Å². The Kier molecular flexibility index (Phi) is 10.4. The Bertz CT molecular complexity index is 987. The lowest BCUT2D eigenvalue weighted by molar-refractivity contribution is -0.132. The third-order valence-corrected chi connectivity index (χ3v) is 5.26. The molecule has 2 aromatic rings. The van der Waals surface area contributed by atoms with Gasteiger partial charge >= 0.3 is 0 Å². The van der Waals surface area contributed by atoms with Crippen molar-refractivity contribution in [2.45, 2.75) is 31.0 Å². The Labute approximate surface area is 202 Å². The number of hydrogen-bond acceptors (Lipinski definition) is 7. The van der Waals surface area contributed by atoms with Gasteiger partial charge in [0, 0.05) is 12.2 Å². The van der Waals surface area contributed by atoms with Crippen LogP contribution in [0.25, 0.3) is 0 Å². The molecule has 0 aliphatic rings. The summed E-state index contributed by atoms with van der Waals surface area (Å²) in [4.78, 5) is 49.0. The van der Waals surface area contributed by atoms with Crippen molar-refractivity contribution in [3.8, 4) is 5.75 Å². The van der Waals surface area contributed by atoms with E-state index >= 15 is 0 Å². The molecule has 0 aliphatic carbocycles. The van der Waals surface area contributed by atoms with E-state index in [0.717, 1.165) is 11.1 Å². The molecule has 34 heavy (non-hydrogen) atoms. The summed E-state index contributed by atoms with van der Waals surface area (Å²) in [6, 6.07) is 12.2. The van der Waals surface area contributed by atoms with Crippen LogP contribution in [0.15, 0.2) is 54.6 Å². The number of phenols is 1. The molecule has 0 fully saturated rings. The summed E-state index contributed by atoms with van der Waals surface area (Å²) >= 11 is 4.14. The summed E-state index contributed by atoms with van der Waals surface area (Å²) in [7, 11) is 0. The monoisotopic (exact) mass is 487 g/mol. The van der Waals surface area contributed by atoms with Gasteiger partial charge in [-0.1, -0.05) is 42.5 Å². The number of benzene rings is 2. The molecular weight excluding hydrogens is 458 g/mol. The number of phenolic OH excluding ortho intramolecular Hbond substituents is 1. The molecule has 0 aliphatic heterocycles. The first-order valence-corrected chi connectivity index (χ1v) is 11.2. The molecule has 4 amide bonds. The van der Waals surface area contributed by atoms with Crippen molar-refractivity contribution in [2.24, 2.45) is 11.5 Å². The fourth-order valence-corrected chi connectivity index (χ4v) is 3.34. The highest BCUT2D eigenvalue weighted by atomic mass is 32.1. The van der Waals surface area contributed by atoms with Crippen molar-refractivity contribution in [1.29, 1.82) is 0 Å². The van der Waals surface area contributed by atoms with Gasteiger partial charge in [0.15, 0.2) is 0 Å². The predicted octanol–water partition coefficient (Wildman–Crippen LogP) is -0.994. The van der Waals surface area contributed by atoms with E-state index in [0.29, 0.717) is 0 Å². The topological polar surface area (TPSA) is 177 Å². The van der Waals surface area contributed by atoms with E-state index in [1.807, 2.05) is 6.07 Å². The average molecular weight is 488 g/mol. The van der Waals surface area contributed by atoms with Crippen molar-refractivity contribution < 1.29 is 24.3 Å². The van der Waals surface area contributed by atoms with E-state index in [4.69, 9.17) is 11.5 Å². The molecule has 11 heteroatoms. The van der Waals surface area contributed by atoms with Gasteiger partial charge in [-0.2, -0.15) is 12.6 Å². The molecule has 0 heterocycles. The molecule has 8 N–H and O–H groups in total. The van der Waals surface area contributed by atoms with Gasteiger partial charge in [-0.15, -0.1) is 0 Å². The summed E-state index contributed by atoms with van der Waals surface area (Å²) in [5, 5.41) is 16.9. The lowest BCUT2D eigenvalue weighted by Crippen LogP contribution is -2.57. The Hall–Kier alpha value is -3.57. The average Bonchev–Trinajstić information content (AvgIpc) is 2.82. The van der Waals surface area contributed by atoms with Gasteiger partial charge in [-0.05, 0) is 29.7 Å². The maximum atomic E-state index is 12.9. The van der Waals surface area contributed by atoms with Crippen molar-refractivity contribution in [3.63, 3.8) is 0 Å². The van der Waals surface area contributed by atoms with E-state index in [-0.39, 0.29) is 30.9 Å². The molecule has 0 saturated carbocycles. The summed E-state index contributed by atoms with van der Waals surface area (Å²) < 4.78 is 0. The van der Waals surface area contributed by atoms with Gasteiger partial charge in [-0.3, -0.25) is 19.2 Å². The van der Waals surface area contributed by atoms with E-state index in [1.165, 1.54) is 12.1 Å². The highest BCUT2D eigenvalue weighted by Crippen LogP contribution is 2.11. The minimum atomic E-state index is -1.05. The molecule has 182 valence electrons. The molecule has 0 bridgehead atoms. The fourth-order valence-electron chi connectivity index (χ4n) is 3.08. The molecule has 3 atom stereocenters. The van der Waals surface area contributed by atoms with Gasteiger partial charge in [0.1, 0.15) is 17.8 Å². The number of hydrogen-bond donors (Lipinski definition) is 7. The Morgan fingerprint density at radius 2 is 1.41 bits per heavy atom. The first-order valence-electron chi connectivity index (χ1n) is 10.5. The Morgan fingerprint density at radius 3 is 2.00 bits per heavy atom. The molecule has 0 saturated heterocycles. The molecule has 2 rings (SSSR count). The van der Waals surface area contributed by atoms with Crippen LogP contribution in [0.4, 0.5) is 0 Å². The lowest BCUT2D eigenvalue weighted by Gasteiger charge is -2.23. The highest BCUT2D eigenvalue weighted by Gasteiger charge is 2.27. The normalized spacial score (nSPS) is 13.2. The zero-order chi connectivity index (χ0) is 25.1. The number of thiol groups is 1. The quantitative estimate of drug-likeness (QED) is 0.189. The van der Waals surface area contributed by atoms with Crippen LogP contribution in [-0.2, 0) is 32.0 Å². The van der Waals surface area contributed by atoms with Crippen LogP contribution in [0, 0.1) is 0 Å². The molecular formula is C23H29N5O5S. The first kappa shape index (κ1) is 26.7. The Balaban J connectivity index is 2.03. The third kappa shape index (κ3) is 8.75. The summed E-state index contributed by atoms with van der Waals surface area (Å²) in [5.74, 6) is -2.45. The second kappa shape index (κ2) is 13.2. The second-order valence-electron chi connectivity index (χ2n) is 7.66. The number of rotatable bonds is 12. The van der Waals surface area contributed by atoms with Crippen LogP contribution in [0.3, 0.4) is 0 Å². The molecule has 10 nitrogen and oxygen atoms in total. The predicted molar refractivity (Wildman–Crippen MR) is 130 cm³/mol. The van der Waals surface area contributed by atoms with Crippen LogP contribution in [0.5, 0.6) is 5.75 Å². The van der Waals surface area contributed by atoms with Gasteiger partial charge in [0.05, 0.1) is 12.6 Å². The number of nitrogens with two attached hydrogens (primary N) is 2. The van der Waals surface area contributed by atoms with Gasteiger partial charge in [0.25, 0.3) is 0 Å². The number of carbonyl (C=O) groups excluding carboxylic acids is 4. The maximum Gasteiger partial charge on any atom is 0.244 e. The van der Waals surface area contributed by atoms with Gasteiger partial charge in [-0.25, -0.2) is 0 Å². The highest BCUT2D eigenvalue weighted by molar-refractivity contribution is 7.80. The van der Waals surface area contributed by atoms with Crippen molar-refractivity contribution in [3.05, 3.63) is 65.7 Å². The summed E-state index contributed by atoms with van der Waals surface area (Å²) in [6.07, 6.45) is 0.351. The lowest BCUT2D eigenvalue weighted by atomic mass is 10.0. The zero-order valence-corrected chi connectivity index (χ0v) is 19.3. The molecule has 0 radical (unpaired) electrons. The SMILES string of the molecule is NC(=O)CNC(=O)[C@@H](Cc1ccccc1)NC(=O)[C@H](CS)NC(=O)[C@@H](N)Cc1ccc(O)cc1. The number of nitrogens with one attached hydrogen (secondary N) is 3. The maximum absolute atomic E-state index is 12.9. The largest absolute Gasteiger partial charge is 0.508 e. The van der Waals surface area contributed by atoms with E-state index in [1.54, 1.807) is 36.4 Å².